The van der Waals surface area contributed by atoms with E-state index in [1.54, 1.807) is 0 Å². The Hall–Kier alpha value is 0.759. The van der Waals surface area contributed by atoms with Gasteiger partial charge in [-0.1, -0.05) is 65.7 Å². The van der Waals surface area contributed by atoms with Gasteiger partial charge in [0.15, 0.2) is 0 Å². The fraction of sp³-hybridized carbons (Fsp3) is 1.00. The van der Waals surface area contributed by atoms with Gasteiger partial charge in [0, 0.05) is 23.9 Å². The maximum atomic E-state index is 10.5. The summed E-state index contributed by atoms with van der Waals surface area (Å²) in [5, 5.41) is 10.5. The van der Waals surface area contributed by atoms with Crippen molar-refractivity contribution < 1.29 is 5.11 Å². The van der Waals surface area contributed by atoms with Crippen LogP contribution in [-0.4, -0.2) is 34.6 Å². The van der Waals surface area contributed by atoms with Gasteiger partial charge in [-0.3, -0.25) is 0 Å². The van der Waals surface area contributed by atoms with Gasteiger partial charge >= 0.3 is 0 Å². The third-order valence-electron chi connectivity index (χ3n) is 3.24. The van der Waals surface area contributed by atoms with Crippen molar-refractivity contribution in [3.05, 3.63) is 0 Å². The molecular weight excluding hydrogens is 303 g/mol. The molecule has 0 rings (SSSR count). The molecule has 0 atom stereocenters. The van der Waals surface area contributed by atoms with Crippen LogP contribution in [0, 0.1) is 0 Å². The summed E-state index contributed by atoms with van der Waals surface area (Å²) in [4.78, 5) is 0. The number of aliphatic hydroxyl groups is 1. The molecule has 2 heteroatoms. The molecular formula is C14H30OSn. The molecule has 1 nitrogen and oxygen atoms in total. The van der Waals surface area contributed by atoms with Crippen molar-refractivity contribution in [2.45, 2.75) is 90.6 Å². The topological polar surface area (TPSA) is 20.2 Å². The summed E-state index contributed by atoms with van der Waals surface area (Å²) in [6.07, 6.45) is 11.5. The molecule has 4 radical (unpaired) electrons. The first-order valence-corrected chi connectivity index (χ1v) is 6.91. The van der Waals surface area contributed by atoms with Crippen LogP contribution in [0.15, 0.2) is 0 Å². The van der Waals surface area contributed by atoms with Crippen LogP contribution in [0.5, 0.6) is 0 Å². The summed E-state index contributed by atoms with van der Waals surface area (Å²) < 4.78 is 0. The molecule has 0 heterocycles. The Morgan fingerprint density at radius 1 is 0.688 bits per heavy atom. The van der Waals surface area contributed by atoms with E-state index in [4.69, 9.17) is 0 Å². The largest absolute Gasteiger partial charge is 0.390 e. The Kier molecular flexibility index (Phi) is 14.6. The number of unbranched alkanes of at least 4 members (excludes halogenated alkanes) is 4. The smallest absolute Gasteiger partial charge is 0.0647 e. The summed E-state index contributed by atoms with van der Waals surface area (Å²) in [5.41, 5.74) is -0.346. The van der Waals surface area contributed by atoms with Crippen molar-refractivity contribution in [3.63, 3.8) is 0 Å². The molecule has 1 N–H and O–H groups in total. The van der Waals surface area contributed by atoms with E-state index in [0.29, 0.717) is 0 Å². The Balaban J connectivity index is 0. The van der Waals surface area contributed by atoms with Gasteiger partial charge in [-0.15, -0.1) is 0 Å². The minimum Gasteiger partial charge on any atom is -0.390 e. The molecule has 0 unspecified atom stereocenters. The normalized spacial score (nSPS) is 11.2. The molecule has 0 saturated carbocycles. The maximum absolute atomic E-state index is 10.5. The van der Waals surface area contributed by atoms with Gasteiger partial charge in [-0.05, 0) is 19.3 Å². The van der Waals surface area contributed by atoms with Crippen molar-refractivity contribution in [3.8, 4) is 0 Å². The average Bonchev–Trinajstić information content (AvgIpc) is 2.24. The second kappa shape index (κ2) is 12.2. The van der Waals surface area contributed by atoms with Crippen molar-refractivity contribution >= 4 is 23.9 Å². The van der Waals surface area contributed by atoms with Gasteiger partial charge in [0.1, 0.15) is 0 Å². The summed E-state index contributed by atoms with van der Waals surface area (Å²) in [6.45, 7) is 6.62. The molecule has 16 heavy (non-hydrogen) atoms. The van der Waals surface area contributed by atoms with E-state index in [9.17, 15) is 5.11 Å². The van der Waals surface area contributed by atoms with E-state index < -0.39 is 0 Å². The monoisotopic (exact) mass is 334 g/mol. The zero-order valence-corrected chi connectivity index (χ0v) is 14.4. The molecule has 0 aromatic heterocycles. The molecule has 0 spiro atoms. The molecule has 0 saturated heterocycles. The minimum atomic E-state index is -0.346. The van der Waals surface area contributed by atoms with E-state index >= 15 is 0 Å². The van der Waals surface area contributed by atoms with Crippen LogP contribution < -0.4 is 0 Å². The Labute approximate surface area is 119 Å². The van der Waals surface area contributed by atoms with Gasteiger partial charge < -0.3 is 5.11 Å². The zero-order valence-electron chi connectivity index (χ0n) is 11.5. The summed E-state index contributed by atoms with van der Waals surface area (Å²) in [5.74, 6) is 0. The molecule has 0 aliphatic carbocycles. The van der Waals surface area contributed by atoms with Crippen LogP contribution in [0.4, 0.5) is 0 Å². The zero-order chi connectivity index (χ0) is 11.6. The molecule has 0 fully saturated rings. The first-order chi connectivity index (χ1) is 7.18. The van der Waals surface area contributed by atoms with Crippen LogP contribution >= 0.6 is 0 Å². The van der Waals surface area contributed by atoms with E-state index in [1.807, 2.05) is 0 Å². The Bertz CT molecular complexity index is 129. The Morgan fingerprint density at radius 3 is 1.44 bits per heavy atom. The van der Waals surface area contributed by atoms with Crippen LogP contribution in [0.3, 0.4) is 0 Å². The molecule has 0 bridgehead atoms. The van der Waals surface area contributed by atoms with E-state index in [-0.39, 0.29) is 29.5 Å². The van der Waals surface area contributed by atoms with Gasteiger partial charge in [0.2, 0.25) is 0 Å². The van der Waals surface area contributed by atoms with E-state index in [2.05, 4.69) is 20.8 Å². The van der Waals surface area contributed by atoms with Crippen LogP contribution in [0.2, 0.25) is 0 Å². The first-order valence-electron chi connectivity index (χ1n) is 6.91. The van der Waals surface area contributed by atoms with E-state index in [1.165, 1.54) is 44.9 Å². The summed E-state index contributed by atoms with van der Waals surface area (Å²) in [6, 6.07) is 0. The van der Waals surface area contributed by atoms with Crippen molar-refractivity contribution in [2.24, 2.45) is 0 Å². The second-order valence-corrected chi connectivity index (χ2v) is 4.89. The van der Waals surface area contributed by atoms with E-state index in [0.717, 1.165) is 19.3 Å². The molecule has 0 aliphatic rings. The third kappa shape index (κ3) is 9.95. The van der Waals surface area contributed by atoms with Crippen molar-refractivity contribution in [2.75, 3.05) is 0 Å². The van der Waals surface area contributed by atoms with Gasteiger partial charge in [0.05, 0.1) is 5.60 Å². The van der Waals surface area contributed by atoms with Gasteiger partial charge in [-0.25, -0.2) is 0 Å². The average molecular weight is 333 g/mol. The molecule has 0 aliphatic heterocycles. The minimum absolute atomic E-state index is 0. The first kappa shape index (κ1) is 19.1. The second-order valence-electron chi connectivity index (χ2n) is 4.89. The quantitative estimate of drug-likeness (QED) is 0.467. The summed E-state index contributed by atoms with van der Waals surface area (Å²) in [7, 11) is 0. The predicted octanol–water partition coefficient (Wildman–Crippen LogP) is 4.30. The standard InChI is InChI=1S/C14H30O.Sn/c1-4-7-10-13-14(15,11-8-5-2)12-9-6-3;/h15H,4-13H2,1-3H3;. The Morgan fingerprint density at radius 2 is 1.06 bits per heavy atom. The SMILES string of the molecule is CCCCCC(O)(CCCC)CCCC.[Sn]. The van der Waals surface area contributed by atoms with Gasteiger partial charge in [-0.2, -0.15) is 0 Å². The van der Waals surface area contributed by atoms with Crippen LogP contribution in [-0.2, 0) is 0 Å². The molecule has 96 valence electrons. The summed E-state index contributed by atoms with van der Waals surface area (Å²) >= 11 is 0. The number of rotatable bonds is 10. The van der Waals surface area contributed by atoms with Gasteiger partial charge in [0.25, 0.3) is 0 Å². The van der Waals surface area contributed by atoms with Crippen molar-refractivity contribution in [1.29, 1.82) is 0 Å². The fourth-order valence-electron chi connectivity index (χ4n) is 2.09. The molecule has 0 aromatic rings. The predicted molar refractivity (Wildman–Crippen MR) is 73.9 cm³/mol. The number of hydrogen-bond acceptors (Lipinski definition) is 1. The van der Waals surface area contributed by atoms with Crippen LogP contribution in [0.25, 0.3) is 0 Å². The molecule has 0 amide bonds. The number of hydrogen-bond donors (Lipinski definition) is 1. The van der Waals surface area contributed by atoms with Crippen molar-refractivity contribution in [1.82, 2.24) is 0 Å². The van der Waals surface area contributed by atoms with Crippen LogP contribution in [0.1, 0.15) is 85.0 Å². The third-order valence-corrected chi connectivity index (χ3v) is 3.24. The maximum Gasteiger partial charge on any atom is 0.0647 e. The molecule has 0 aromatic carbocycles. The fourth-order valence-corrected chi connectivity index (χ4v) is 2.09.